The Hall–Kier alpha value is -2.43. The summed E-state index contributed by atoms with van der Waals surface area (Å²) in [6.07, 6.45) is 0. The van der Waals surface area contributed by atoms with Crippen LogP contribution in [0.5, 0.6) is 11.5 Å². The number of carbonyl (C=O) groups is 1. The predicted molar refractivity (Wildman–Crippen MR) is 69.2 cm³/mol. The summed E-state index contributed by atoms with van der Waals surface area (Å²) in [5.41, 5.74) is 0.405. The van der Waals surface area contributed by atoms with Crippen molar-refractivity contribution in [2.45, 2.75) is 0 Å². The van der Waals surface area contributed by atoms with Gasteiger partial charge in [0.05, 0.1) is 7.11 Å². The molecule has 2 rings (SSSR count). The van der Waals surface area contributed by atoms with Crippen LogP contribution >= 0.6 is 0 Å². The van der Waals surface area contributed by atoms with Gasteiger partial charge in [-0.1, -0.05) is 6.07 Å². The lowest BCUT2D eigenvalue weighted by atomic mass is 10.1. The van der Waals surface area contributed by atoms with Crippen LogP contribution in [0.15, 0.2) is 42.5 Å². The van der Waals surface area contributed by atoms with Crippen LogP contribution in [0.4, 0.5) is 8.78 Å². The van der Waals surface area contributed by atoms with E-state index >= 15 is 0 Å². The third-order valence-corrected chi connectivity index (χ3v) is 2.69. The second kappa shape index (κ2) is 6.14. The van der Waals surface area contributed by atoms with Gasteiger partial charge < -0.3 is 9.47 Å². The molecule has 0 aliphatic heterocycles. The highest BCUT2D eigenvalue weighted by Crippen LogP contribution is 2.19. The first kappa shape index (κ1) is 14.0. The van der Waals surface area contributed by atoms with Crippen molar-refractivity contribution < 1.29 is 23.0 Å². The summed E-state index contributed by atoms with van der Waals surface area (Å²) in [4.78, 5) is 11.8. The van der Waals surface area contributed by atoms with Gasteiger partial charge in [-0.15, -0.1) is 0 Å². The number of benzene rings is 2. The molecule has 0 heterocycles. The molecule has 0 aliphatic carbocycles. The fraction of sp³-hybridized carbons (Fsp3) is 0.133. The highest BCUT2D eigenvalue weighted by Gasteiger charge is 2.12. The SMILES string of the molecule is COc1ccc(C(=O)COc2cccc(F)c2F)cc1. The van der Waals surface area contributed by atoms with Crippen LogP contribution < -0.4 is 9.47 Å². The fourth-order valence-electron chi connectivity index (χ4n) is 1.60. The van der Waals surface area contributed by atoms with E-state index in [1.54, 1.807) is 24.3 Å². The number of halogens is 2. The molecule has 0 aliphatic rings. The summed E-state index contributed by atoms with van der Waals surface area (Å²) in [6, 6.07) is 9.98. The van der Waals surface area contributed by atoms with E-state index in [1.807, 2.05) is 0 Å². The highest BCUT2D eigenvalue weighted by atomic mass is 19.2. The van der Waals surface area contributed by atoms with E-state index in [2.05, 4.69) is 0 Å². The largest absolute Gasteiger partial charge is 0.497 e. The lowest BCUT2D eigenvalue weighted by Gasteiger charge is -2.07. The van der Waals surface area contributed by atoms with E-state index in [-0.39, 0.29) is 18.1 Å². The summed E-state index contributed by atoms with van der Waals surface area (Å²) in [7, 11) is 1.52. The summed E-state index contributed by atoms with van der Waals surface area (Å²) in [6.45, 7) is -0.368. The summed E-state index contributed by atoms with van der Waals surface area (Å²) in [5, 5.41) is 0. The molecule has 3 nitrogen and oxygen atoms in total. The Morgan fingerprint density at radius 2 is 1.80 bits per heavy atom. The van der Waals surface area contributed by atoms with Gasteiger partial charge in [0.1, 0.15) is 5.75 Å². The zero-order valence-electron chi connectivity index (χ0n) is 10.7. The first-order valence-electron chi connectivity index (χ1n) is 5.86. The van der Waals surface area contributed by atoms with Crippen LogP contribution in [0.3, 0.4) is 0 Å². The van der Waals surface area contributed by atoms with Gasteiger partial charge in [0.2, 0.25) is 5.82 Å². The van der Waals surface area contributed by atoms with Gasteiger partial charge in [-0.3, -0.25) is 4.79 Å². The van der Waals surface area contributed by atoms with Crippen molar-refractivity contribution in [3.05, 3.63) is 59.7 Å². The van der Waals surface area contributed by atoms with Gasteiger partial charge in [-0.2, -0.15) is 4.39 Å². The first-order chi connectivity index (χ1) is 9.61. The van der Waals surface area contributed by atoms with Crippen LogP contribution in [-0.4, -0.2) is 19.5 Å². The van der Waals surface area contributed by atoms with Gasteiger partial charge in [0.25, 0.3) is 0 Å². The Balaban J connectivity index is 2.02. The molecule has 0 saturated heterocycles. The summed E-state index contributed by atoms with van der Waals surface area (Å²) in [5.74, 6) is -2.11. The van der Waals surface area contributed by atoms with Gasteiger partial charge in [0, 0.05) is 5.56 Å². The molecule has 0 fully saturated rings. The molecule has 0 N–H and O–H groups in total. The zero-order valence-corrected chi connectivity index (χ0v) is 10.7. The van der Waals surface area contributed by atoms with Crippen molar-refractivity contribution in [3.8, 4) is 11.5 Å². The summed E-state index contributed by atoms with van der Waals surface area (Å²) < 4.78 is 36.2. The smallest absolute Gasteiger partial charge is 0.200 e. The van der Waals surface area contributed by atoms with Crippen LogP contribution in [0.25, 0.3) is 0 Å². The molecule has 20 heavy (non-hydrogen) atoms. The molecule has 2 aromatic rings. The molecule has 0 saturated carbocycles. The number of ether oxygens (including phenoxy) is 2. The fourth-order valence-corrected chi connectivity index (χ4v) is 1.60. The van der Waals surface area contributed by atoms with E-state index in [1.165, 1.54) is 19.2 Å². The second-order valence-corrected chi connectivity index (χ2v) is 3.99. The van der Waals surface area contributed by atoms with Crippen molar-refractivity contribution >= 4 is 5.78 Å². The normalized spacial score (nSPS) is 10.2. The van der Waals surface area contributed by atoms with E-state index in [9.17, 15) is 13.6 Å². The molecule has 0 spiro atoms. The minimum absolute atomic E-state index is 0.285. The zero-order chi connectivity index (χ0) is 14.5. The Morgan fingerprint density at radius 3 is 2.45 bits per heavy atom. The number of methoxy groups -OCH3 is 1. The van der Waals surface area contributed by atoms with Crippen molar-refractivity contribution in [3.63, 3.8) is 0 Å². The molecule has 0 aromatic heterocycles. The number of Topliss-reactive ketones (excluding diaryl/α,β-unsaturated/α-hetero) is 1. The van der Waals surface area contributed by atoms with Crippen molar-refractivity contribution in [1.82, 2.24) is 0 Å². The molecular formula is C15H12F2O3. The van der Waals surface area contributed by atoms with E-state index in [0.29, 0.717) is 11.3 Å². The Morgan fingerprint density at radius 1 is 1.10 bits per heavy atom. The van der Waals surface area contributed by atoms with Crippen LogP contribution in [0.2, 0.25) is 0 Å². The maximum Gasteiger partial charge on any atom is 0.200 e. The maximum atomic E-state index is 13.3. The second-order valence-electron chi connectivity index (χ2n) is 3.99. The molecule has 0 atom stereocenters. The maximum absolute atomic E-state index is 13.3. The Labute approximate surface area is 114 Å². The number of rotatable bonds is 5. The number of ketones is 1. The molecular weight excluding hydrogens is 266 g/mol. The molecule has 104 valence electrons. The average Bonchev–Trinajstić information content (AvgIpc) is 2.48. The van der Waals surface area contributed by atoms with Crippen LogP contribution in [-0.2, 0) is 0 Å². The monoisotopic (exact) mass is 278 g/mol. The van der Waals surface area contributed by atoms with Gasteiger partial charge >= 0.3 is 0 Å². The molecule has 0 radical (unpaired) electrons. The van der Waals surface area contributed by atoms with Gasteiger partial charge in [-0.25, -0.2) is 4.39 Å². The van der Waals surface area contributed by atoms with Crippen molar-refractivity contribution in [1.29, 1.82) is 0 Å². The topological polar surface area (TPSA) is 35.5 Å². The standard InChI is InChI=1S/C15H12F2O3/c1-19-11-7-5-10(6-8-11)13(18)9-20-14-4-2-3-12(16)15(14)17/h2-8H,9H2,1H3. The quantitative estimate of drug-likeness (QED) is 0.788. The number of carbonyl (C=O) groups excluding carboxylic acids is 1. The Bertz CT molecular complexity index is 609. The third-order valence-electron chi connectivity index (χ3n) is 2.69. The van der Waals surface area contributed by atoms with Crippen molar-refractivity contribution in [2.75, 3.05) is 13.7 Å². The Kier molecular flexibility index (Phi) is 4.30. The number of hydrogen-bond acceptors (Lipinski definition) is 3. The van der Waals surface area contributed by atoms with Crippen LogP contribution in [0.1, 0.15) is 10.4 Å². The summed E-state index contributed by atoms with van der Waals surface area (Å²) >= 11 is 0. The minimum Gasteiger partial charge on any atom is -0.497 e. The van der Waals surface area contributed by atoms with E-state index < -0.39 is 11.6 Å². The predicted octanol–water partition coefficient (Wildman–Crippen LogP) is 3.24. The molecule has 2 aromatic carbocycles. The minimum atomic E-state index is -1.10. The number of hydrogen-bond donors (Lipinski definition) is 0. The molecule has 0 bridgehead atoms. The third kappa shape index (κ3) is 3.12. The lowest BCUT2D eigenvalue weighted by Crippen LogP contribution is -2.12. The first-order valence-corrected chi connectivity index (χ1v) is 5.86. The van der Waals surface area contributed by atoms with Crippen molar-refractivity contribution in [2.24, 2.45) is 0 Å². The van der Waals surface area contributed by atoms with Gasteiger partial charge in [0.15, 0.2) is 24.0 Å². The lowest BCUT2D eigenvalue weighted by molar-refractivity contribution is 0.0918. The molecule has 0 unspecified atom stereocenters. The molecule has 5 heteroatoms. The highest BCUT2D eigenvalue weighted by molar-refractivity contribution is 5.97. The average molecular weight is 278 g/mol. The van der Waals surface area contributed by atoms with Gasteiger partial charge in [-0.05, 0) is 36.4 Å². The van der Waals surface area contributed by atoms with E-state index in [0.717, 1.165) is 6.07 Å². The molecule has 0 amide bonds. The van der Waals surface area contributed by atoms with Crippen LogP contribution in [0, 0.1) is 11.6 Å². The van der Waals surface area contributed by atoms with E-state index in [4.69, 9.17) is 9.47 Å².